The van der Waals surface area contributed by atoms with Crippen molar-refractivity contribution in [3.05, 3.63) is 35.9 Å². The van der Waals surface area contributed by atoms with Gasteiger partial charge in [-0.05, 0) is 12.5 Å². The number of hydrogen-bond acceptors (Lipinski definition) is 26. The molecule has 5 saturated heterocycles. The van der Waals surface area contributed by atoms with Crippen molar-refractivity contribution < 1.29 is 128 Å². The second kappa shape index (κ2) is 28.6. The summed E-state index contributed by atoms with van der Waals surface area (Å²) in [5, 5.41) is 134. The normalized spacial score (nSPS) is 41.1. The van der Waals surface area contributed by atoms with Crippen molar-refractivity contribution in [3.8, 4) is 0 Å². The van der Waals surface area contributed by atoms with Crippen molar-refractivity contribution in [2.75, 3.05) is 33.0 Å². The van der Waals surface area contributed by atoms with Crippen molar-refractivity contribution in [1.82, 2.24) is 26.6 Å². The average molecular weight is 1140 g/mol. The zero-order chi connectivity index (χ0) is 58.2. The fourth-order valence-electron chi connectivity index (χ4n) is 10.2. The number of aliphatic hydroxyl groups excluding tert-OH is 11. The molecule has 1 aromatic carbocycles. The molecule has 0 spiro atoms. The molecule has 1 unspecified atom stereocenters. The van der Waals surface area contributed by atoms with E-state index >= 15 is 0 Å². The second-order valence-electron chi connectivity index (χ2n) is 19.8. The quantitative estimate of drug-likeness (QED) is 0.0543. The summed E-state index contributed by atoms with van der Waals surface area (Å²) in [6.07, 6.45) is -35.1. The van der Waals surface area contributed by atoms with Crippen molar-refractivity contribution in [2.24, 2.45) is 0 Å². The van der Waals surface area contributed by atoms with E-state index in [9.17, 15) is 80.1 Å². The van der Waals surface area contributed by atoms with E-state index in [1.54, 1.807) is 37.3 Å². The molecule has 16 N–H and O–H groups in total. The minimum Gasteiger partial charge on any atom is -0.394 e. The first-order chi connectivity index (χ1) is 37.5. The Morgan fingerprint density at radius 3 is 0.937 bits per heavy atom. The average Bonchev–Trinajstić information content (AvgIpc) is 3.55. The molecular weight excluding hydrogens is 1060 g/mol. The minimum atomic E-state index is -2.00. The Hall–Kier alpha value is -4.27. The zero-order valence-corrected chi connectivity index (χ0v) is 44.0. The molecule has 1 aromatic rings. The van der Waals surface area contributed by atoms with E-state index in [1.807, 2.05) is 0 Å². The molecule has 448 valence electrons. The molecule has 5 amide bonds. The number of aliphatic hydroxyl groups is 11. The summed E-state index contributed by atoms with van der Waals surface area (Å²) < 4.78 is 60.5. The molecule has 31 heteroatoms. The van der Waals surface area contributed by atoms with Gasteiger partial charge in [0.25, 0.3) is 0 Å². The highest BCUT2D eigenvalue weighted by molar-refractivity contribution is 5.75. The third-order valence-electron chi connectivity index (χ3n) is 13.9. The number of ether oxygens (including phenoxy) is 10. The van der Waals surface area contributed by atoms with Gasteiger partial charge >= 0.3 is 0 Å². The van der Waals surface area contributed by atoms with Gasteiger partial charge in [0.1, 0.15) is 122 Å². The monoisotopic (exact) mass is 1140 g/mol. The van der Waals surface area contributed by atoms with Crippen molar-refractivity contribution in [3.63, 3.8) is 0 Å². The Balaban J connectivity index is 1.22. The van der Waals surface area contributed by atoms with Crippen LogP contribution in [0.1, 0.15) is 53.2 Å². The highest BCUT2D eigenvalue weighted by atomic mass is 16.8. The van der Waals surface area contributed by atoms with E-state index in [1.165, 1.54) is 6.92 Å². The van der Waals surface area contributed by atoms with Crippen molar-refractivity contribution in [1.29, 1.82) is 0 Å². The van der Waals surface area contributed by atoms with Crippen molar-refractivity contribution in [2.45, 2.75) is 201 Å². The molecule has 5 aliphatic heterocycles. The van der Waals surface area contributed by atoms with E-state index in [0.717, 1.165) is 33.3 Å². The molecular formula is C48H75N5O26. The summed E-state index contributed by atoms with van der Waals surface area (Å²) >= 11 is 0. The fourth-order valence-corrected chi connectivity index (χ4v) is 10.2. The largest absolute Gasteiger partial charge is 0.394 e. The van der Waals surface area contributed by atoms with Gasteiger partial charge in [-0.25, -0.2) is 0 Å². The van der Waals surface area contributed by atoms with E-state index in [4.69, 9.17) is 47.4 Å². The maximum Gasteiger partial charge on any atom is 0.217 e. The molecule has 0 saturated carbocycles. The number of hydrogen-bond donors (Lipinski definition) is 16. The second-order valence-corrected chi connectivity index (χ2v) is 19.8. The maximum absolute atomic E-state index is 12.8. The molecule has 5 heterocycles. The molecule has 5 aliphatic rings. The zero-order valence-electron chi connectivity index (χ0n) is 44.0. The number of nitrogens with one attached hydrogen (secondary N) is 5. The highest BCUT2D eigenvalue weighted by Gasteiger charge is 2.58. The number of carbonyl (C=O) groups is 5. The van der Waals surface area contributed by atoms with E-state index < -0.39 is 222 Å². The lowest BCUT2D eigenvalue weighted by molar-refractivity contribution is -0.368. The Morgan fingerprint density at radius 2 is 0.658 bits per heavy atom. The number of benzene rings is 1. The summed E-state index contributed by atoms with van der Waals surface area (Å²) in [6, 6.07) is 0.999. The number of amides is 5. The summed E-state index contributed by atoms with van der Waals surface area (Å²) in [7, 11) is 0. The highest BCUT2D eigenvalue weighted by Crippen LogP contribution is 2.37. The van der Waals surface area contributed by atoms with Gasteiger partial charge < -0.3 is 130 Å². The standard InChI is InChI=1S/C48H75N5O26/c1-17(23-10-8-7-9-11-23)70-44-30(50-19(3)60)36(66)40(25(13-55)72-44)77-46-32(52-21(5)62)38(68)42(27(15-57)74-46)79-48-33(53-22(6)63)39(69)43(28(16-58)75-48)78-47-31(51-20(4)61)37(67)41(26(14-56)73-47)76-45-29(49-18(2)59)35(65)34(64)24(12-54)71-45/h7-11,17,24-48,54-58,64-69H,12-16H2,1-6H3,(H,49,59)(H,50,60)(H,51,61)(H,52,62)(H,53,63)/t17?,24-,25-,26-,27-,28-,29-,30-,31-,32-,33-,34-,35-,36-,37-,38-,39-,40-,41-,42-,43-,44-,45+,46+,47+,48+/m1/s1. The van der Waals surface area contributed by atoms with Crippen LogP contribution in [0.5, 0.6) is 0 Å². The molecule has 79 heavy (non-hydrogen) atoms. The summed E-state index contributed by atoms with van der Waals surface area (Å²) in [6.45, 7) is 2.59. The van der Waals surface area contributed by atoms with Gasteiger partial charge in [-0.2, -0.15) is 0 Å². The van der Waals surface area contributed by atoms with Crippen LogP contribution in [0.4, 0.5) is 0 Å². The van der Waals surface area contributed by atoms with Crippen LogP contribution in [0, 0.1) is 0 Å². The van der Waals surface area contributed by atoms with Crippen molar-refractivity contribution >= 4 is 29.5 Å². The van der Waals surface area contributed by atoms with Crippen LogP contribution in [0.25, 0.3) is 0 Å². The molecule has 0 bridgehead atoms. The van der Waals surface area contributed by atoms with Gasteiger partial charge in [0.2, 0.25) is 29.5 Å². The molecule has 0 aromatic heterocycles. The van der Waals surface area contributed by atoms with Gasteiger partial charge in [0.15, 0.2) is 31.5 Å². The van der Waals surface area contributed by atoms with Gasteiger partial charge in [-0.3, -0.25) is 24.0 Å². The van der Waals surface area contributed by atoms with E-state index in [-0.39, 0.29) is 0 Å². The molecule has 31 nitrogen and oxygen atoms in total. The fraction of sp³-hybridized carbons (Fsp3) is 0.771. The van der Waals surface area contributed by atoms with Crippen LogP contribution in [0.15, 0.2) is 30.3 Å². The topological polar surface area (TPSA) is 460 Å². The van der Waals surface area contributed by atoms with Crippen LogP contribution in [0.3, 0.4) is 0 Å². The van der Waals surface area contributed by atoms with Crippen LogP contribution in [-0.4, -0.2) is 272 Å². The maximum atomic E-state index is 12.8. The van der Waals surface area contributed by atoms with Gasteiger partial charge in [-0.15, -0.1) is 0 Å². The van der Waals surface area contributed by atoms with Gasteiger partial charge in [-0.1, -0.05) is 30.3 Å². The Kier molecular flexibility index (Phi) is 23.2. The molecule has 6 rings (SSSR count). The lowest BCUT2D eigenvalue weighted by Crippen LogP contribution is -2.72. The van der Waals surface area contributed by atoms with Crippen LogP contribution in [-0.2, 0) is 71.3 Å². The first kappa shape index (κ1) is 63.9. The first-order valence-electron chi connectivity index (χ1n) is 25.5. The number of rotatable bonds is 21. The van der Waals surface area contributed by atoms with Gasteiger partial charge in [0.05, 0.1) is 39.1 Å². The van der Waals surface area contributed by atoms with E-state index in [2.05, 4.69) is 26.6 Å². The number of carbonyl (C=O) groups excluding carboxylic acids is 5. The predicted molar refractivity (Wildman–Crippen MR) is 258 cm³/mol. The van der Waals surface area contributed by atoms with Crippen LogP contribution >= 0.6 is 0 Å². The summed E-state index contributed by atoms with van der Waals surface area (Å²) in [5.74, 6) is -3.67. The smallest absolute Gasteiger partial charge is 0.217 e. The molecule has 26 atom stereocenters. The van der Waals surface area contributed by atoms with Crippen LogP contribution < -0.4 is 26.6 Å². The Bertz CT molecular complexity index is 2160. The lowest BCUT2D eigenvalue weighted by atomic mass is 9.93. The third kappa shape index (κ3) is 15.2. The van der Waals surface area contributed by atoms with Gasteiger partial charge in [0, 0.05) is 34.6 Å². The SMILES string of the molecule is CC(=O)N[C@H]1[C@H](OC(C)c2ccccc2)O[C@H](CO)[C@@H](O[C@@H]2O[C@H](CO)[C@@H](O[C@@H]3O[C@H](CO)[C@@H](O[C@@H]4O[C@H](CO)[C@@H](O[C@@H]5O[C@H](CO)[C@@H](O)[C@H](O)[C@H]5NC(C)=O)[C@H](O)[C@H]4NC(C)=O)[C@H](O)[C@H]3NC(C)=O)[C@H](O)[C@H]2NC(C)=O)[C@@H]1O. The molecule has 0 aliphatic carbocycles. The Labute approximate surface area is 452 Å². The Morgan fingerprint density at radius 1 is 0.405 bits per heavy atom. The summed E-state index contributed by atoms with van der Waals surface area (Å²) in [4.78, 5) is 62.7. The minimum absolute atomic E-state index is 0.607. The first-order valence-corrected chi connectivity index (χ1v) is 25.5. The van der Waals surface area contributed by atoms with E-state index in [0.29, 0.717) is 0 Å². The third-order valence-corrected chi connectivity index (χ3v) is 13.9. The lowest BCUT2D eigenvalue weighted by Gasteiger charge is -2.51. The summed E-state index contributed by atoms with van der Waals surface area (Å²) in [5.41, 5.74) is 0.717. The molecule has 5 fully saturated rings. The predicted octanol–water partition coefficient (Wildman–Crippen LogP) is -8.42. The van der Waals surface area contributed by atoms with Crippen LogP contribution in [0.2, 0.25) is 0 Å². The molecule has 0 radical (unpaired) electrons.